The van der Waals surface area contributed by atoms with Gasteiger partial charge in [-0.1, -0.05) is 18.5 Å². The second kappa shape index (κ2) is 4.37. The second-order valence-electron chi connectivity index (χ2n) is 3.73. The molecule has 1 heterocycles. The molecule has 0 N–H and O–H groups in total. The molecule has 0 aliphatic heterocycles. The minimum atomic E-state index is -0.335. The number of hydrogen-bond acceptors (Lipinski definition) is 1. The van der Waals surface area contributed by atoms with Gasteiger partial charge in [-0.25, -0.2) is 9.07 Å². The molecule has 0 fully saturated rings. The van der Waals surface area contributed by atoms with E-state index in [1.54, 1.807) is 23.9 Å². The van der Waals surface area contributed by atoms with Crippen molar-refractivity contribution >= 4 is 11.6 Å². The van der Waals surface area contributed by atoms with Gasteiger partial charge in [0.05, 0.1) is 11.4 Å². The first-order chi connectivity index (χ1) is 8.06. The normalized spacial score (nSPS) is 10.8. The van der Waals surface area contributed by atoms with E-state index in [4.69, 9.17) is 11.6 Å². The number of hydrogen-bond donors (Lipinski definition) is 0. The molecule has 1 aromatic heterocycles. The highest BCUT2D eigenvalue weighted by atomic mass is 35.5. The van der Waals surface area contributed by atoms with Crippen LogP contribution in [0.3, 0.4) is 0 Å². The Hall–Kier alpha value is -1.55. The molecule has 0 saturated carbocycles. The predicted octanol–water partition coefficient (Wildman–Crippen LogP) is 2.53. The summed E-state index contributed by atoms with van der Waals surface area (Å²) >= 11 is 5.97. The fourth-order valence-electron chi connectivity index (χ4n) is 1.87. The lowest BCUT2D eigenvalue weighted by molar-refractivity contribution is 0.609. The van der Waals surface area contributed by atoms with Crippen molar-refractivity contribution in [3.8, 4) is 5.69 Å². The number of nitrogens with zero attached hydrogens (tertiary/aromatic N) is 2. The van der Waals surface area contributed by atoms with Crippen LogP contribution < -0.4 is 5.56 Å². The van der Waals surface area contributed by atoms with Crippen LogP contribution in [0.4, 0.5) is 4.39 Å². The zero-order valence-electron chi connectivity index (χ0n) is 9.58. The summed E-state index contributed by atoms with van der Waals surface area (Å²) in [6.45, 7) is 1.93. The lowest BCUT2D eigenvalue weighted by Crippen LogP contribution is -2.19. The van der Waals surface area contributed by atoms with Crippen molar-refractivity contribution < 1.29 is 4.39 Å². The zero-order valence-corrected chi connectivity index (χ0v) is 10.3. The van der Waals surface area contributed by atoms with Crippen LogP contribution in [-0.2, 0) is 13.5 Å². The van der Waals surface area contributed by atoms with Crippen LogP contribution in [0.2, 0.25) is 5.02 Å². The van der Waals surface area contributed by atoms with E-state index in [-0.39, 0.29) is 16.4 Å². The molecule has 0 unspecified atom stereocenters. The molecule has 5 heteroatoms. The zero-order chi connectivity index (χ0) is 12.6. The van der Waals surface area contributed by atoms with Gasteiger partial charge in [-0.2, -0.15) is 0 Å². The molecular formula is C12H12ClFN2O. The average Bonchev–Trinajstić information content (AvgIpc) is 2.52. The molecule has 90 valence electrons. The van der Waals surface area contributed by atoms with Crippen LogP contribution >= 0.6 is 11.6 Å². The van der Waals surface area contributed by atoms with E-state index in [1.165, 1.54) is 16.8 Å². The maximum absolute atomic E-state index is 12.8. The molecule has 0 spiro atoms. The van der Waals surface area contributed by atoms with Crippen LogP contribution in [0.25, 0.3) is 5.69 Å². The maximum atomic E-state index is 12.8. The summed E-state index contributed by atoms with van der Waals surface area (Å²) in [5.41, 5.74) is 1.08. The summed E-state index contributed by atoms with van der Waals surface area (Å²) in [4.78, 5) is 12.0. The molecule has 0 aliphatic carbocycles. The largest absolute Gasteiger partial charge is 0.290 e. The van der Waals surface area contributed by atoms with E-state index in [1.807, 2.05) is 6.92 Å². The molecule has 0 radical (unpaired) electrons. The van der Waals surface area contributed by atoms with Crippen molar-refractivity contribution in [2.24, 2.45) is 7.05 Å². The lowest BCUT2D eigenvalue weighted by atomic mass is 10.3. The van der Waals surface area contributed by atoms with Gasteiger partial charge in [0.2, 0.25) is 0 Å². The van der Waals surface area contributed by atoms with Gasteiger partial charge in [-0.3, -0.25) is 9.48 Å². The van der Waals surface area contributed by atoms with E-state index in [9.17, 15) is 9.18 Å². The number of aromatic nitrogens is 2. The Morgan fingerprint density at radius 3 is 2.35 bits per heavy atom. The highest BCUT2D eigenvalue weighted by Gasteiger charge is 2.15. The Morgan fingerprint density at radius 2 is 1.88 bits per heavy atom. The molecule has 17 heavy (non-hydrogen) atoms. The van der Waals surface area contributed by atoms with E-state index in [0.717, 1.165) is 5.69 Å². The quantitative estimate of drug-likeness (QED) is 0.809. The summed E-state index contributed by atoms with van der Waals surface area (Å²) in [5.74, 6) is -0.335. The highest BCUT2D eigenvalue weighted by Crippen LogP contribution is 2.15. The van der Waals surface area contributed by atoms with Crippen molar-refractivity contribution in [3.63, 3.8) is 0 Å². The Labute approximate surface area is 103 Å². The summed E-state index contributed by atoms with van der Waals surface area (Å²) in [5, 5.41) is 0.222. The molecular weight excluding hydrogens is 243 g/mol. The molecule has 3 nitrogen and oxygen atoms in total. The number of benzene rings is 1. The first-order valence-corrected chi connectivity index (χ1v) is 5.66. The smallest absolute Gasteiger partial charge is 0.284 e. The van der Waals surface area contributed by atoms with E-state index >= 15 is 0 Å². The van der Waals surface area contributed by atoms with Crippen LogP contribution in [0.5, 0.6) is 0 Å². The SMILES string of the molecule is CCc1c(Cl)c(=O)n(-c2ccc(F)cc2)n1C. The van der Waals surface area contributed by atoms with Gasteiger partial charge < -0.3 is 0 Å². The third-order valence-electron chi connectivity index (χ3n) is 2.73. The first-order valence-electron chi connectivity index (χ1n) is 5.28. The second-order valence-corrected chi connectivity index (χ2v) is 4.11. The van der Waals surface area contributed by atoms with Crippen molar-refractivity contribution in [1.29, 1.82) is 0 Å². The minimum Gasteiger partial charge on any atom is -0.284 e. The lowest BCUT2D eigenvalue weighted by Gasteiger charge is -2.08. The van der Waals surface area contributed by atoms with E-state index in [0.29, 0.717) is 12.1 Å². The Morgan fingerprint density at radius 1 is 1.29 bits per heavy atom. The van der Waals surface area contributed by atoms with Crippen molar-refractivity contribution in [2.75, 3.05) is 0 Å². The summed E-state index contributed by atoms with van der Waals surface area (Å²) < 4.78 is 16.0. The first kappa shape index (κ1) is 11.9. The topological polar surface area (TPSA) is 26.9 Å². The summed E-state index contributed by atoms with van der Waals surface area (Å²) in [7, 11) is 1.76. The summed E-state index contributed by atoms with van der Waals surface area (Å²) in [6, 6.07) is 5.72. The molecule has 0 saturated heterocycles. The average molecular weight is 255 g/mol. The Balaban J connectivity index is 2.68. The van der Waals surface area contributed by atoms with Crippen LogP contribution in [-0.4, -0.2) is 9.36 Å². The number of halogens is 2. The molecule has 2 rings (SSSR count). The monoisotopic (exact) mass is 254 g/mol. The molecule has 0 amide bonds. The summed E-state index contributed by atoms with van der Waals surface area (Å²) in [6.07, 6.45) is 0.665. The van der Waals surface area contributed by atoms with E-state index < -0.39 is 0 Å². The number of rotatable bonds is 2. The fourth-order valence-corrected chi connectivity index (χ4v) is 2.21. The molecule has 0 atom stereocenters. The highest BCUT2D eigenvalue weighted by molar-refractivity contribution is 6.31. The van der Waals surface area contributed by atoms with Gasteiger partial charge in [0.25, 0.3) is 5.56 Å². The molecule has 0 aliphatic rings. The minimum absolute atomic E-state index is 0.222. The van der Waals surface area contributed by atoms with Gasteiger partial charge in [-0.15, -0.1) is 0 Å². The molecule has 0 bridgehead atoms. The van der Waals surface area contributed by atoms with Crippen LogP contribution in [0, 0.1) is 5.82 Å². The Bertz CT molecular complexity index is 598. The van der Waals surface area contributed by atoms with Gasteiger partial charge in [0.1, 0.15) is 10.8 Å². The van der Waals surface area contributed by atoms with E-state index in [2.05, 4.69) is 0 Å². The van der Waals surface area contributed by atoms with Crippen molar-refractivity contribution in [3.05, 3.63) is 51.2 Å². The van der Waals surface area contributed by atoms with Gasteiger partial charge in [-0.05, 0) is 30.7 Å². The predicted molar refractivity (Wildman–Crippen MR) is 65.4 cm³/mol. The third-order valence-corrected chi connectivity index (χ3v) is 3.11. The van der Waals surface area contributed by atoms with Gasteiger partial charge >= 0.3 is 0 Å². The maximum Gasteiger partial charge on any atom is 0.290 e. The molecule has 1 aromatic carbocycles. The van der Waals surface area contributed by atoms with Gasteiger partial charge in [0, 0.05) is 7.05 Å². The van der Waals surface area contributed by atoms with Gasteiger partial charge in [0.15, 0.2) is 0 Å². The van der Waals surface area contributed by atoms with Crippen molar-refractivity contribution in [2.45, 2.75) is 13.3 Å². The van der Waals surface area contributed by atoms with Crippen LogP contribution in [0.1, 0.15) is 12.6 Å². The van der Waals surface area contributed by atoms with Crippen molar-refractivity contribution in [1.82, 2.24) is 9.36 Å². The standard InChI is InChI=1S/C12H12ClFN2O/c1-3-10-11(13)12(17)16(15(10)2)9-6-4-8(14)5-7-9/h4-7H,3H2,1-2H3. The molecule has 2 aromatic rings. The Kier molecular flexibility index (Phi) is 3.07. The fraction of sp³-hybridized carbons (Fsp3) is 0.250. The third kappa shape index (κ3) is 1.89. The van der Waals surface area contributed by atoms with Crippen LogP contribution in [0.15, 0.2) is 29.1 Å².